The molecule has 0 saturated heterocycles. The number of carbonyl (C=O) groups excluding carboxylic acids is 1. The monoisotopic (exact) mass is 313 g/mol. The summed E-state index contributed by atoms with van der Waals surface area (Å²) in [5.41, 5.74) is 1.04. The van der Waals surface area contributed by atoms with Crippen LogP contribution in [0.2, 0.25) is 0 Å². The molecule has 1 rings (SSSR count). The van der Waals surface area contributed by atoms with Crippen molar-refractivity contribution in [2.24, 2.45) is 0 Å². The van der Waals surface area contributed by atoms with Crippen molar-refractivity contribution in [3.63, 3.8) is 0 Å². The molecule has 0 spiro atoms. The van der Waals surface area contributed by atoms with Crippen molar-refractivity contribution >= 4 is 21.8 Å². The van der Waals surface area contributed by atoms with Gasteiger partial charge in [0.2, 0.25) is 5.91 Å². The summed E-state index contributed by atoms with van der Waals surface area (Å²) in [6.07, 6.45) is 0.652. The van der Waals surface area contributed by atoms with E-state index < -0.39 is 0 Å². The first-order chi connectivity index (χ1) is 8.54. The molecule has 100 valence electrons. The highest BCUT2D eigenvalue weighted by Crippen LogP contribution is 2.21. The molecule has 1 amide bonds. The Balaban J connectivity index is 2.74. The van der Waals surface area contributed by atoms with Crippen LogP contribution in [0.1, 0.15) is 25.8 Å². The summed E-state index contributed by atoms with van der Waals surface area (Å²) in [5.74, 6) is 0.984. The van der Waals surface area contributed by atoms with Gasteiger partial charge in [-0.15, -0.1) is 0 Å². The highest BCUT2D eigenvalue weighted by molar-refractivity contribution is 9.09. The summed E-state index contributed by atoms with van der Waals surface area (Å²) in [6, 6.07) is 7.85. The van der Waals surface area contributed by atoms with Gasteiger partial charge in [-0.2, -0.15) is 0 Å². The lowest BCUT2D eigenvalue weighted by atomic mass is 10.2. The van der Waals surface area contributed by atoms with E-state index in [1.54, 1.807) is 4.90 Å². The molecular formula is C14H20BrNO2. The summed E-state index contributed by atoms with van der Waals surface area (Å²) < 4.78 is 5.74. The van der Waals surface area contributed by atoms with Gasteiger partial charge < -0.3 is 9.64 Å². The molecule has 0 fully saturated rings. The minimum absolute atomic E-state index is 0.131. The van der Waals surface area contributed by atoms with E-state index in [9.17, 15) is 4.79 Å². The number of nitrogens with zero attached hydrogens (tertiary/aromatic N) is 1. The summed E-state index contributed by atoms with van der Waals surface area (Å²) >= 11 is 3.28. The van der Waals surface area contributed by atoms with Crippen LogP contribution in [-0.2, 0) is 11.3 Å². The molecule has 18 heavy (non-hydrogen) atoms. The van der Waals surface area contributed by atoms with Crippen LogP contribution < -0.4 is 4.74 Å². The van der Waals surface area contributed by atoms with Gasteiger partial charge in [-0.3, -0.25) is 4.79 Å². The molecule has 0 unspecified atom stereocenters. The summed E-state index contributed by atoms with van der Waals surface area (Å²) in [7, 11) is 1.82. The van der Waals surface area contributed by atoms with Crippen LogP contribution in [0.15, 0.2) is 24.3 Å². The molecule has 0 aliphatic rings. The van der Waals surface area contributed by atoms with Gasteiger partial charge in [0.25, 0.3) is 0 Å². The molecule has 0 saturated carbocycles. The molecule has 0 heterocycles. The van der Waals surface area contributed by atoms with Crippen LogP contribution in [0.25, 0.3) is 0 Å². The predicted molar refractivity (Wildman–Crippen MR) is 77.1 cm³/mol. The fourth-order valence-electron chi connectivity index (χ4n) is 1.62. The lowest BCUT2D eigenvalue weighted by Crippen LogP contribution is -2.26. The van der Waals surface area contributed by atoms with Gasteiger partial charge in [0.15, 0.2) is 0 Å². The molecule has 0 aliphatic heterocycles. The minimum Gasteiger partial charge on any atom is -0.491 e. The van der Waals surface area contributed by atoms with E-state index in [0.717, 1.165) is 11.3 Å². The molecule has 0 aliphatic carbocycles. The van der Waals surface area contributed by atoms with Crippen LogP contribution in [-0.4, -0.2) is 29.3 Å². The number of halogens is 1. The molecule has 0 atom stereocenters. The first kappa shape index (κ1) is 15.0. The summed E-state index contributed by atoms with van der Waals surface area (Å²) in [4.78, 5) is 13.5. The molecule has 0 N–H and O–H groups in total. The Bertz CT molecular complexity index is 393. The van der Waals surface area contributed by atoms with Crippen molar-refractivity contribution in [3.05, 3.63) is 29.8 Å². The van der Waals surface area contributed by atoms with E-state index in [0.29, 0.717) is 18.3 Å². The van der Waals surface area contributed by atoms with E-state index in [1.807, 2.05) is 45.2 Å². The SMILES string of the molecule is CC(C)Oc1ccccc1CN(C)C(=O)CCBr. The minimum atomic E-state index is 0.131. The third-order valence-corrected chi connectivity index (χ3v) is 2.87. The maximum absolute atomic E-state index is 11.7. The van der Waals surface area contributed by atoms with Crippen molar-refractivity contribution in [2.45, 2.75) is 32.9 Å². The third kappa shape index (κ3) is 4.69. The quantitative estimate of drug-likeness (QED) is 0.755. The van der Waals surface area contributed by atoms with E-state index in [4.69, 9.17) is 4.74 Å². The molecule has 0 aromatic heterocycles. The fourth-order valence-corrected chi connectivity index (χ4v) is 1.96. The maximum atomic E-state index is 11.7. The lowest BCUT2D eigenvalue weighted by molar-refractivity contribution is -0.129. The molecule has 1 aromatic rings. The van der Waals surface area contributed by atoms with Gasteiger partial charge in [-0.1, -0.05) is 34.1 Å². The molecule has 3 nitrogen and oxygen atoms in total. The van der Waals surface area contributed by atoms with Crippen LogP contribution in [0.5, 0.6) is 5.75 Å². The van der Waals surface area contributed by atoms with Gasteiger partial charge in [0.05, 0.1) is 6.10 Å². The van der Waals surface area contributed by atoms with Gasteiger partial charge in [0.1, 0.15) is 5.75 Å². The molecule has 0 bridgehead atoms. The Morgan fingerprint density at radius 2 is 2.06 bits per heavy atom. The Labute approximate surface area is 117 Å². The smallest absolute Gasteiger partial charge is 0.223 e. The van der Waals surface area contributed by atoms with Gasteiger partial charge in [-0.05, 0) is 19.9 Å². The standard InChI is InChI=1S/C14H20BrNO2/c1-11(2)18-13-7-5-4-6-12(13)10-16(3)14(17)8-9-15/h4-7,11H,8-10H2,1-3H3. The second-order valence-electron chi connectivity index (χ2n) is 4.46. The van der Waals surface area contributed by atoms with Crippen LogP contribution >= 0.6 is 15.9 Å². The normalized spacial score (nSPS) is 10.5. The summed E-state index contributed by atoms with van der Waals surface area (Å²) in [5, 5.41) is 0.695. The Kier molecular flexibility index (Phi) is 6.19. The second-order valence-corrected chi connectivity index (χ2v) is 5.26. The lowest BCUT2D eigenvalue weighted by Gasteiger charge is -2.20. The number of alkyl halides is 1. The van der Waals surface area contributed by atoms with Crippen LogP contribution in [0.4, 0.5) is 0 Å². The highest BCUT2D eigenvalue weighted by atomic mass is 79.9. The third-order valence-electron chi connectivity index (χ3n) is 2.48. The average Bonchev–Trinajstić information content (AvgIpc) is 2.31. The van der Waals surface area contributed by atoms with Crippen molar-refractivity contribution < 1.29 is 9.53 Å². The predicted octanol–water partition coefficient (Wildman–Crippen LogP) is 3.22. The van der Waals surface area contributed by atoms with Crippen molar-refractivity contribution in [1.82, 2.24) is 4.90 Å². The number of benzene rings is 1. The number of para-hydroxylation sites is 1. The van der Waals surface area contributed by atoms with E-state index in [2.05, 4.69) is 15.9 Å². The first-order valence-electron chi connectivity index (χ1n) is 6.09. The Hall–Kier alpha value is -1.03. The maximum Gasteiger partial charge on any atom is 0.223 e. The van der Waals surface area contributed by atoms with Crippen molar-refractivity contribution in [2.75, 3.05) is 12.4 Å². The Morgan fingerprint density at radius 1 is 1.39 bits per heavy atom. The molecule has 1 aromatic carbocycles. The van der Waals surface area contributed by atoms with E-state index in [-0.39, 0.29) is 12.0 Å². The largest absolute Gasteiger partial charge is 0.491 e. The van der Waals surface area contributed by atoms with Gasteiger partial charge in [-0.25, -0.2) is 0 Å². The van der Waals surface area contributed by atoms with E-state index >= 15 is 0 Å². The van der Waals surface area contributed by atoms with Gasteiger partial charge >= 0.3 is 0 Å². The van der Waals surface area contributed by atoms with Crippen molar-refractivity contribution in [1.29, 1.82) is 0 Å². The van der Waals surface area contributed by atoms with Crippen molar-refractivity contribution in [3.8, 4) is 5.75 Å². The number of ether oxygens (including phenoxy) is 1. The number of amides is 1. The van der Waals surface area contributed by atoms with Crippen LogP contribution in [0, 0.1) is 0 Å². The van der Waals surface area contributed by atoms with Gasteiger partial charge in [0, 0.05) is 30.9 Å². The number of hydrogen-bond acceptors (Lipinski definition) is 2. The fraction of sp³-hybridized carbons (Fsp3) is 0.500. The van der Waals surface area contributed by atoms with Crippen LogP contribution in [0.3, 0.4) is 0 Å². The Morgan fingerprint density at radius 3 is 2.67 bits per heavy atom. The number of carbonyl (C=O) groups is 1. The zero-order valence-corrected chi connectivity index (χ0v) is 12.7. The zero-order chi connectivity index (χ0) is 13.5. The van der Waals surface area contributed by atoms with E-state index in [1.165, 1.54) is 0 Å². The molecular weight excluding hydrogens is 294 g/mol. The zero-order valence-electron chi connectivity index (χ0n) is 11.1. The average molecular weight is 314 g/mol. The molecule has 4 heteroatoms. The topological polar surface area (TPSA) is 29.5 Å². The number of rotatable bonds is 6. The first-order valence-corrected chi connectivity index (χ1v) is 7.21. The highest BCUT2D eigenvalue weighted by Gasteiger charge is 2.11. The number of hydrogen-bond donors (Lipinski definition) is 0. The summed E-state index contributed by atoms with van der Waals surface area (Å²) in [6.45, 7) is 4.57. The molecule has 0 radical (unpaired) electrons. The second kappa shape index (κ2) is 7.41.